The third-order valence-corrected chi connectivity index (χ3v) is 0. The Labute approximate surface area is 142 Å². The molecule has 0 aliphatic carbocycles. The van der Waals surface area contributed by atoms with E-state index in [0.29, 0.717) is 0 Å². The van der Waals surface area contributed by atoms with Crippen LogP contribution in [0.4, 0.5) is 0 Å². The molecule has 0 amide bonds. The first-order valence-electron chi connectivity index (χ1n) is 0. The van der Waals surface area contributed by atoms with E-state index in [2.05, 4.69) is 0 Å². The molecule has 0 fully saturated rings. The summed E-state index contributed by atoms with van der Waals surface area (Å²) in [6.07, 6.45) is 0. The molecule has 0 aliphatic rings. The molecular weight excluding hydrogens is 843 g/mol. The van der Waals surface area contributed by atoms with E-state index in [9.17, 15) is 0 Å². The van der Waals surface area contributed by atoms with E-state index in [1.165, 1.54) is 0 Å². The van der Waals surface area contributed by atoms with E-state index in [1.807, 2.05) is 0 Å². The minimum atomic E-state index is 0. The van der Waals surface area contributed by atoms with Gasteiger partial charge < -0.3 is 125 Å². The Morgan fingerprint density at radius 2 is 0.429 bits per heavy atom. The monoisotopic (exact) mass is 845 g/mol. The molecule has 0 aromatic rings. The fourth-order valence-corrected chi connectivity index (χ4v) is 0. The van der Waals surface area contributed by atoms with Crippen LogP contribution in [0.5, 0.6) is 0 Å². The van der Waals surface area contributed by atoms with Crippen molar-refractivity contribution in [2.45, 2.75) is 0 Å². The Kier molecular flexibility index (Phi) is 452. The van der Waals surface area contributed by atoms with E-state index in [4.69, 9.17) is 0 Å². The average Bonchev–Trinajstić information content (AvgIpc) is 0. The minimum Gasteiger partial charge on any atom is -1.00 e. The summed E-state index contributed by atoms with van der Waals surface area (Å²) < 4.78 is 0. The van der Waals surface area contributed by atoms with E-state index in [0.717, 1.165) is 0 Å². The quantitative estimate of drug-likeness (QED) is 0.218. The van der Waals surface area contributed by atoms with E-state index < -0.39 is 0 Å². The van der Waals surface area contributed by atoms with Gasteiger partial charge in [-0.25, -0.2) is 0 Å². The van der Waals surface area contributed by atoms with E-state index >= 15 is 0 Å². The van der Waals surface area contributed by atoms with Gasteiger partial charge in [0.05, 0.1) is 0 Å². The standard InChI is InChI=1S/5HI.Ir.H2O/h5*1H;;1H2/p-5. The fourth-order valence-electron chi connectivity index (χ4n) is 0. The normalized spacial score (nSPS) is 0. The van der Waals surface area contributed by atoms with Crippen molar-refractivity contribution in [3.63, 3.8) is 0 Å². The molecule has 0 aliphatic heterocycles. The summed E-state index contributed by atoms with van der Waals surface area (Å²) in [4.78, 5) is 0. The van der Waals surface area contributed by atoms with Gasteiger partial charge in [-0.1, -0.05) is 0 Å². The van der Waals surface area contributed by atoms with Crippen molar-refractivity contribution in [1.82, 2.24) is 0 Å². The van der Waals surface area contributed by atoms with E-state index in [-0.39, 0.29) is 145 Å². The molecule has 0 unspecified atom stereocenters. The Balaban J connectivity index is 0. The molecule has 0 aromatic heterocycles. The molecule has 7 heavy (non-hydrogen) atoms. The Morgan fingerprint density at radius 3 is 0.429 bits per heavy atom. The van der Waals surface area contributed by atoms with Crippen LogP contribution in [0, 0.1) is 0 Å². The van der Waals surface area contributed by atoms with Gasteiger partial charge in [0.1, 0.15) is 0 Å². The Morgan fingerprint density at radius 1 is 0.429 bits per heavy atom. The first-order chi connectivity index (χ1) is 0. The second kappa shape index (κ2) is 48.5. The van der Waals surface area contributed by atoms with Crippen LogP contribution in [-0.2, 0) is 20.1 Å². The van der Waals surface area contributed by atoms with Crippen molar-refractivity contribution in [3.05, 3.63) is 0 Å². The average molecular weight is 845 g/mol. The van der Waals surface area contributed by atoms with Crippen LogP contribution in [0.1, 0.15) is 0 Å². The maximum atomic E-state index is 0. The van der Waals surface area contributed by atoms with Crippen LogP contribution >= 0.6 is 0 Å². The topological polar surface area (TPSA) is 31.5 Å². The molecule has 0 rings (SSSR count). The molecule has 0 bridgehead atoms. The predicted molar refractivity (Wildman–Crippen MR) is 3.61 cm³/mol. The molecule has 0 saturated heterocycles. The van der Waals surface area contributed by atoms with Gasteiger partial charge in [0, 0.05) is 20.1 Å². The Bertz CT molecular complexity index is 8.04. The molecule has 0 atom stereocenters. The van der Waals surface area contributed by atoms with Crippen molar-refractivity contribution >= 4 is 0 Å². The first kappa shape index (κ1) is 65.3. The van der Waals surface area contributed by atoms with Crippen molar-refractivity contribution in [2.24, 2.45) is 0 Å². The molecule has 1 nitrogen and oxygen atoms in total. The van der Waals surface area contributed by atoms with Crippen LogP contribution < -0.4 is 120 Å². The van der Waals surface area contributed by atoms with Gasteiger partial charge in [0.15, 0.2) is 0 Å². The van der Waals surface area contributed by atoms with Crippen molar-refractivity contribution in [2.75, 3.05) is 0 Å². The predicted octanol–water partition coefficient (Wildman–Crippen LogP) is -15.8. The van der Waals surface area contributed by atoms with Gasteiger partial charge in [-0.2, -0.15) is 0 Å². The minimum absolute atomic E-state index is 0. The summed E-state index contributed by atoms with van der Waals surface area (Å²) in [5, 5.41) is 0. The second-order valence-corrected chi connectivity index (χ2v) is 0. The molecule has 0 spiro atoms. The summed E-state index contributed by atoms with van der Waals surface area (Å²) in [5.41, 5.74) is 0. The molecule has 0 saturated carbocycles. The second-order valence-electron chi connectivity index (χ2n) is 0. The van der Waals surface area contributed by atoms with Crippen molar-refractivity contribution in [3.8, 4) is 0 Å². The molecule has 1 radical (unpaired) electrons. The van der Waals surface area contributed by atoms with Crippen LogP contribution in [0.15, 0.2) is 0 Å². The van der Waals surface area contributed by atoms with Gasteiger partial charge in [-0.15, -0.1) is 0 Å². The van der Waals surface area contributed by atoms with Crippen molar-refractivity contribution in [1.29, 1.82) is 0 Å². The molecule has 0 heterocycles. The molecular formula is H2I5IrO-5. The first-order valence-corrected chi connectivity index (χ1v) is 0. The van der Waals surface area contributed by atoms with Crippen LogP contribution in [-0.4, -0.2) is 5.48 Å². The third-order valence-electron chi connectivity index (χ3n) is 0. The molecule has 57 valence electrons. The molecule has 7 heteroatoms. The third kappa shape index (κ3) is 38.6. The van der Waals surface area contributed by atoms with Gasteiger partial charge in [0.2, 0.25) is 0 Å². The molecule has 0 aromatic carbocycles. The smallest absolute Gasteiger partial charge is 0 e. The van der Waals surface area contributed by atoms with Crippen LogP contribution in [0.25, 0.3) is 0 Å². The van der Waals surface area contributed by atoms with Crippen molar-refractivity contribution < 1.29 is 145 Å². The van der Waals surface area contributed by atoms with E-state index in [1.54, 1.807) is 0 Å². The summed E-state index contributed by atoms with van der Waals surface area (Å²) in [6.45, 7) is 0. The molecule has 2 N–H and O–H groups in total. The number of hydrogen-bond donors (Lipinski definition) is 0. The van der Waals surface area contributed by atoms with Gasteiger partial charge in [-0.3, -0.25) is 0 Å². The fraction of sp³-hybridized carbons (Fsp3) is 0. The maximum absolute atomic E-state index is 0. The summed E-state index contributed by atoms with van der Waals surface area (Å²) >= 11 is 0. The maximum Gasteiger partial charge on any atom is 0 e. The van der Waals surface area contributed by atoms with Gasteiger partial charge in [-0.05, 0) is 0 Å². The zero-order valence-corrected chi connectivity index (χ0v) is 15.9. The zero-order valence-electron chi connectivity index (χ0n) is 2.72. The number of halogens is 5. The number of hydrogen-bond acceptors (Lipinski definition) is 0. The Hall–Kier alpha value is 4.26. The largest absolute Gasteiger partial charge is 1.00 e. The summed E-state index contributed by atoms with van der Waals surface area (Å²) in [5.74, 6) is 0. The van der Waals surface area contributed by atoms with Gasteiger partial charge >= 0.3 is 0 Å². The summed E-state index contributed by atoms with van der Waals surface area (Å²) in [6, 6.07) is 0. The van der Waals surface area contributed by atoms with Crippen LogP contribution in [0.3, 0.4) is 0 Å². The number of rotatable bonds is 0. The summed E-state index contributed by atoms with van der Waals surface area (Å²) in [7, 11) is 0. The SMILES string of the molecule is O.[I-].[I-].[I-].[I-].[I-].[Ir]. The van der Waals surface area contributed by atoms with Gasteiger partial charge in [0.25, 0.3) is 0 Å². The van der Waals surface area contributed by atoms with Crippen LogP contribution in [0.2, 0.25) is 0 Å². The zero-order chi connectivity index (χ0) is 0.